The van der Waals surface area contributed by atoms with Gasteiger partial charge in [-0.15, -0.1) is 0 Å². The Labute approximate surface area is 310 Å². The molecule has 1 spiro atoms. The number of amides is 2. The molecular weight excluding hydrogens is 743 g/mol. The van der Waals surface area contributed by atoms with Gasteiger partial charge in [0.05, 0.1) is 48.6 Å². The Morgan fingerprint density at radius 3 is 2.42 bits per heavy atom. The average Bonchev–Trinajstić information content (AvgIpc) is 3.55. The maximum atomic E-state index is 16.4. The third kappa shape index (κ3) is 6.42. The quantitative estimate of drug-likeness (QED) is 0.122. The lowest BCUT2D eigenvalue weighted by Gasteiger charge is -2.31. The predicted octanol–water partition coefficient (Wildman–Crippen LogP) is 6.88. The van der Waals surface area contributed by atoms with E-state index in [1.807, 2.05) is 85.8 Å². The van der Waals surface area contributed by atoms with Gasteiger partial charge in [-0.1, -0.05) is 83.5 Å². The van der Waals surface area contributed by atoms with E-state index in [1.165, 1.54) is 4.68 Å². The Kier molecular flexibility index (Phi) is 9.76. The zero-order valence-electron chi connectivity index (χ0n) is 29.2. The van der Waals surface area contributed by atoms with Gasteiger partial charge in [-0.05, 0) is 60.6 Å². The highest BCUT2D eigenvalue weighted by Gasteiger charge is 2.67. The number of anilines is 1. The fourth-order valence-corrected chi connectivity index (χ4v) is 10.9. The minimum atomic E-state index is -3.52. The Bertz CT molecular complexity index is 2200. The molecule has 0 aliphatic carbocycles. The summed E-state index contributed by atoms with van der Waals surface area (Å²) in [6.07, 6.45) is 0.687. The smallest absolute Gasteiger partial charge is 0.279 e. The fraction of sp³-hybridized carbons (Fsp3) is 0.300. The van der Waals surface area contributed by atoms with E-state index in [0.717, 1.165) is 21.0 Å². The highest BCUT2D eigenvalue weighted by atomic mass is 79.9. The second-order valence-corrected chi connectivity index (χ2v) is 18.9. The third-order valence-corrected chi connectivity index (χ3v) is 13.4. The number of benzene rings is 4. The number of hydrogen-bond donors (Lipinski definition) is 1. The van der Waals surface area contributed by atoms with Crippen molar-refractivity contribution in [1.82, 2.24) is 14.7 Å². The molecule has 4 atom stereocenters. The molecule has 2 aliphatic heterocycles. The number of halogens is 2. The van der Waals surface area contributed by atoms with Crippen molar-refractivity contribution in [2.75, 3.05) is 18.1 Å². The Hall–Kier alpha value is -4.49. The van der Waals surface area contributed by atoms with Gasteiger partial charge in [0.25, 0.3) is 11.5 Å². The van der Waals surface area contributed by atoms with Crippen LogP contribution in [0.1, 0.15) is 30.0 Å². The van der Waals surface area contributed by atoms with E-state index in [4.69, 9.17) is 4.74 Å². The highest BCUT2D eigenvalue weighted by molar-refractivity contribution is 9.10. The molecule has 9 nitrogen and oxygen atoms in total. The number of ether oxygens (including phenoxy) is 1. The van der Waals surface area contributed by atoms with Crippen LogP contribution in [0, 0.1) is 5.92 Å². The number of fused-ring (bicyclic) bond motifs is 3. The van der Waals surface area contributed by atoms with Crippen LogP contribution in [0.15, 0.2) is 113 Å². The molecular formula is C40H40BrFN4O5Si. The monoisotopic (exact) mass is 782 g/mol. The molecule has 2 aliphatic rings. The molecule has 5 aromatic rings. The van der Waals surface area contributed by atoms with E-state index in [-0.39, 0.29) is 43.5 Å². The summed E-state index contributed by atoms with van der Waals surface area (Å²) in [7, 11) is -3.52. The lowest BCUT2D eigenvalue weighted by atomic mass is 9.82. The van der Waals surface area contributed by atoms with Crippen LogP contribution in [0.3, 0.4) is 0 Å². The minimum Gasteiger partial charge on any atom is -0.395 e. The molecule has 0 radical (unpaired) electrons. The second kappa shape index (κ2) is 14.1. The van der Waals surface area contributed by atoms with Gasteiger partial charge in [0.2, 0.25) is 14.3 Å². The first-order valence-corrected chi connectivity index (χ1v) is 21.1. The minimum absolute atomic E-state index is 0.120. The molecule has 0 unspecified atom stereocenters. The van der Waals surface area contributed by atoms with Crippen LogP contribution in [0.2, 0.25) is 18.6 Å². The maximum Gasteiger partial charge on any atom is 0.279 e. The van der Waals surface area contributed by atoms with E-state index in [1.54, 1.807) is 47.3 Å². The van der Waals surface area contributed by atoms with Gasteiger partial charge in [0.1, 0.15) is 0 Å². The Morgan fingerprint density at radius 2 is 1.71 bits per heavy atom. The topological polar surface area (TPSA) is 105 Å². The molecule has 4 aromatic carbocycles. The molecule has 268 valence electrons. The summed E-state index contributed by atoms with van der Waals surface area (Å²) in [6, 6.07) is 29.7. The number of aromatic nitrogens is 2. The van der Waals surface area contributed by atoms with Gasteiger partial charge < -0.3 is 23.8 Å². The summed E-state index contributed by atoms with van der Waals surface area (Å²) in [5.74, 6) is -1.15. The normalized spacial score (nSPS) is 21.2. The Balaban J connectivity index is 1.19. The number of hydrogen-bond acceptors (Lipinski definition) is 6. The van der Waals surface area contributed by atoms with Crippen LogP contribution in [-0.2, 0) is 33.0 Å². The molecule has 1 fully saturated rings. The molecule has 1 N–H and O–H groups in total. The van der Waals surface area contributed by atoms with Crippen molar-refractivity contribution >= 4 is 52.6 Å². The zero-order valence-corrected chi connectivity index (χ0v) is 31.8. The molecule has 0 saturated carbocycles. The predicted molar refractivity (Wildman–Crippen MR) is 204 cm³/mol. The van der Waals surface area contributed by atoms with Gasteiger partial charge in [-0.3, -0.25) is 14.4 Å². The van der Waals surface area contributed by atoms with Gasteiger partial charge >= 0.3 is 0 Å². The average molecular weight is 784 g/mol. The zero-order chi connectivity index (χ0) is 36.8. The summed E-state index contributed by atoms with van der Waals surface area (Å²) in [5, 5.41) is 15.5. The van der Waals surface area contributed by atoms with Gasteiger partial charge in [0.15, 0.2) is 5.60 Å². The molecule has 1 aromatic heterocycles. The molecule has 12 heteroatoms. The summed E-state index contributed by atoms with van der Waals surface area (Å²) < 4.78 is 25.4. The number of carbonyl (C=O) groups excluding carboxylic acids is 2. The lowest BCUT2D eigenvalue weighted by molar-refractivity contribution is -0.150. The summed E-state index contributed by atoms with van der Waals surface area (Å²) in [6.45, 7) is 5.49. The first kappa shape index (κ1) is 35.9. The van der Waals surface area contributed by atoms with Crippen molar-refractivity contribution in [2.45, 2.75) is 56.8 Å². The van der Waals surface area contributed by atoms with E-state index in [0.29, 0.717) is 28.9 Å². The largest absolute Gasteiger partial charge is 0.395 e. The van der Waals surface area contributed by atoms with E-state index >= 15 is 4.11 Å². The number of carbonyl (C=O) groups is 2. The van der Waals surface area contributed by atoms with Crippen LogP contribution < -0.4 is 10.5 Å². The van der Waals surface area contributed by atoms with Crippen LogP contribution in [0.4, 0.5) is 9.80 Å². The second-order valence-electron chi connectivity index (χ2n) is 14.2. The summed E-state index contributed by atoms with van der Waals surface area (Å²) in [5.41, 5.74) is 1.22. The van der Waals surface area contributed by atoms with Crippen LogP contribution in [-0.4, -0.2) is 59.3 Å². The molecule has 2 amide bonds. The van der Waals surface area contributed by atoms with Crippen molar-refractivity contribution in [3.05, 3.63) is 135 Å². The molecule has 3 heterocycles. The number of nitrogens with zero attached hydrogens (tertiary/aromatic N) is 4. The summed E-state index contributed by atoms with van der Waals surface area (Å²) >= 11 is 3.58. The highest BCUT2D eigenvalue weighted by Crippen LogP contribution is 2.60. The van der Waals surface area contributed by atoms with Crippen LogP contribution in [0.5, 0.6) is 0 Å². The summed E-state index contributed by atoms with van der Waals surface area (Å²) in [4.78, 5) is 45.2. The lowest BCUT2D eigenvalue weighted by Crippen LogP contribution is -2.45. The van der Waals surface area contributed by atoms with Crippen molar-refractivity contribution in [1.29, 1.82) is 0 Å². The van der Waals surface area contributed by atoms with Gasteiger partial charge in [-0.25, -0.2) is 0 Å². The number of rotatable bonds is 10. The number of aliphatic hydroxyl groups excluding tert-OH is 1. The van der Waals surface area contributed by atoms with Crippen molar-refractivity contribution < 1.29 is 23.5 Å². The number of aliphatic hydroxyl groups is 1. The Morgan fingerprint density at radius 1 is 1.00 bits per heavy atom. The van der Waals surface area contributed by atoms with Gasteiger partial charge in [0, 0.05) is 40.0 Å². The standard InChI is InChI=1S/C40H40BrFN4O5Si/c1-26-37(52(2,3)42)35(22-36(48)44(19-20-47)24-27-9-5-4-6-10-27)51-40(26)33-21-30(41)15-18-34(33)45(39(40)50)25-28-13-16-31(17-14-28)46-38(49)32-12-8-7-11-29(32)23-43-46/h4-18,21,23,26,35,37,47H,19-20,22,24-25H2,1-3H3/t26-,35+,37-,40+/m1/s1. The molecule has 52 heavy (non-hydrogen) atoms. The van der Waals surface area contributed by atoms with E-state index in [9.17, 15) is 19.5 Å². The van der Waals surface area contributed by atoms with Crippen molar-refractivity contribution in [3.63, 3.8) is 0 Å². The fourth-order valence-electron chi connectivity index (χ4n) is 8.09. The SMILES string of the molecule is C[C@@H]1[C@@H]([Si](C)(C)F)[C@H](CC(=O)N(CCO)Cc2ccccc2)O[C@@]12C(=O)N(Cc1ccc(-n3ncc4ccccc4c3=O)cc1)c1ccc(Br)cc12. The van der Waals surface area contributed by atoms with Crippen LogP contribution >= 0.6 is 15.9 Å². The third-order valence-electron chi connectivity index (χ3n) is 10.5. The molecule has 7 rings (SSSR count). The molecule has 1 saturated heterocycles. The van der Waals surface area contributed by atoms with Gasteiger partial charge in [-0.2, -0.15) is 9.78 Å². The first-order chi connectivity index (χ1) is 24.9. The maximum absolute atomic E-state index is 16.4. The van der Waals surface area contributed by atoms with Crippen LogP contribution in [0.25, 0.3) is 16.5 Å². The van der Waals surface area contributed by atoms with E-state index in [2.05, 4.69) is 21.0 Å². The van der Waals surface area contributed by atoms with Crippen molar-refractivity contribution in [2.24, 2.45) is 5.92 Å². The first-order valence-electron chi connectivity index (χ1n) is 17.4. The van der Waals surface area contributed by atoms with Crippen molar-refractivity contribution in [3.8, 4) is 5.69 Å². The van der Waals surface area contributed by atoms with E-state index < -0.39 is 31.6 Å². The molecule has 0 bridgehead atoms.